The van der Waals surface area contributed by atoms with Crippen LogP contribution < -0.4 is 0 Å². The predicted molar refractivity (Wildman–Crippen MR) is 64.2 cm³/mol. The average Bonchev–Trinajstić information content (AvgIpc) is 2.38. The molecule has 0 radical (unpaired) electrons. The summed E-state index contributed by atoms with van der Waals surface area (Å²) >= 11 is 0. The molecule has 6 nitrogen and oxygen atoms in total. The second kappa shape index (κ2) is 9.27. The summed E-state index contributed by atoms with van der Waals surface area (Å²) in [6.07, 6.45) is 2.39. The molecule has 106 valence electrons. The molecule has 0 unspecified atom stereocenters. The number of halogens is 1. The van der Waals surface area contributed by atoms with Crippen molar-refractivity contribution in [2.24, 2.45) is 0 Å². The normalized spacial score (nSPS) is 11.2. The number of alkyl halides is 1. The highest BCUT2D eigenvalue weighted by molar-refractivity contribution is 7.48. The van der Waals surface area contributed by atoms with Crippen molar-refractivity contribution in [1.29, 1.82) is 0 Å². The lowest BCUT2D eigenvalue weighted by atomic mass is 10.4. The van der Waals surface area contributed by atoms with Gasteiger partial charge in [-0.1, -0.05) is 11.8 Å². The van der Waals surface area contributed by atoms with Crippen molar-refractivity contribution >= 4 is 13.8 Å². The van der Waals surface area contributed by atoms with E-state index in [9.17, 15) is 13.8 Å². The number of hydrogen-bond donors (Lipinski definition) is 0. The summed E-state index contributed by atoms with van der Waals surface area (Å²) in [5.41, 5.74) is 0. The Kier molecular flexibility index (Phi) is 8.44. The van der Waals surface area contributed by atoms with E-state index in [-0.39, 0.29) is 0 Å². The first-order valence-corrected chi connectivity index (χ1v) is 6.62. The van der Waals surface area contributed by atoms with Gasteiger partial charge in [0.25, 0.3) is 0 Å². The van der Waals surface area contributed by atoms with Crippen LogP contribution in [0.5, 0.6) is 0 Å². The van der Waals surface area contributed by atoms with Gasteiger partial charge >= 0.3 is 13.8 Å². The maximum absolute atomic E-state index is 13.2. The first kappa shape index (κ1) is 17.3. The molecular formula is C11H14FO6P. The van der Waals surface area contributed by atoms with E-state index >= 15 is 0 Å². The monoisotopic (exact) mass is 292 g/mol. The van der Waals surface area contributed by atoms with Crippen LogP contribution >= 0.6 is 7.82 Å². The minimum absolute atomic E-state index is 0.520. The molecule has 0 heterocycles. The van der Waals surface area contributed by atoms with Gasteiger partial charge < -0.3 is 13.8 Å². The van der Waals surface area contributed by atoms with Crippen LogP contribution in [-0.4, -0.2) is 25.4 Å². The maximum atomic E-state index is 13.2. The molecule has 0 aliphatic carbocycles. The first-order chi connectivity index (χ1) is 8.93. The van der Waals surface area contributed by atoms with E-state index in [2.05, 4.69) is 30.1 Å². The van der Waals surface area contributed by atoms with Crippen molar-refractivity contribution in [3.8, 4) is 24.1 Å². The smallest absolute Gasteiger partial charge is 0.463 e. The lowest BCUT2D eigenvalue weighted by Gasteiger charge is -2.13. The number of carbonyl (C=O) groups is 1. The molecule has 0 saturated carbocycles. The van der Waals surface area contributed by atoms with E-state index in [0.29, 0.717) is 0 Å². The minimum atomic E-state index is -4.08. The van der Waals surface area contributed by atoms with Gasteiger partial charge in [-0.05, 0) is 0 Å². The van der Waals surface area contributed by atoms with E-state index in [1.807, 2.05) is 12.2 Å². The van der Waals surface area contributed by atoms with Crippen LogP contribution in [0, 0.1) is 24.1 Å². The molecule has 0 aliphatic rings. The van der Waals surface area contributed by atoms with Crippen LogP contribution in [0.3, 0.4) is 0 Å². The highest BCUT2D eigenvalue weighted by Gasteiger charge is 2.30. The zero-order valence-electron chi connectivity index (χ0n) is 10.8. The summed E-state index contributed by atoms with van der Waals surface area (Å²) < 4.78 is 43.2. The molecule has 0 bridgehead atoms. The summed E-state index contributed by atoms with van der Waals surface area (Å²) in [5, 5.41) is 0. The molecule has 0 N–H and O–H groups in total. The number of phosphoric ester groups is 1. The fourth-order valence-corrected chi connectivity index (χ4v) is 1.60. The van der Waals surface area contributed by atoms with Gasteiger partial charge in [-0.25, -0.2) is 8.96 Å². The van der Waals surface area contributed by atoms with Crippen LogP contribution in [0.25, 0.3) is 0 Å². The minimum Gasteiger partial charge on any atom is -0.463 e. The third-order valence-electron chi connectivity index (χ3n) is 1.40. The van der Waals surface area contributed by atoms with Crippen LogP contribution in [-0.2, 0) is 27.7 Å². The van der Waals surface area contributed by atoms with Crippen molar-refractivity contribution in [2.75, 3.05) is 13.2 Å². The van der Waals surface area contributed by atoms with Crippen LogP contribution in [0.4, 0.5) is 4.39 Å². The summed E-state index contributed by atoms with van der Waals surface area (Å²) in [6, 6.07) is 0. The zero-order chi connectivity index (χ0) is 14.7. The Balaban J connectivity index is 4.37. The van der Waals surface area contributed by atoms with E-state index in [0.717, 1.165) is 6.92 Å². The number of hydrogen-bond acceptors (Lipinski definition) is 6. The van der Waals surface area contributed by atoms with Crippen molar-refractivity contribution in [2.45, 2.75) is 26.9 Å². The van der Waals surface area contributed by atoms with Crippen LogP contribution in [0.15, 0.2) is 0 Å². The highest BCUT2D eigenvalue weighted by Crippen LogP contribution is 2.48. The third-order valence-corrected chi connectivity index (χ3v) is 2.50. The first-order valence-electron chi connectivity index (χ1n) is 5.16. The van der Waals surface area contributed by atoms with E-state index < -0.39 is 33.2 Å². The predicted octanol–water partition coefficient (Wildman–Crippen LogP) is 2.01. The Bertz CT molecular complexity index is 429. The van der Waals surface area contributed by atoms with Crippen molar-refractivity contribution < 1.29 is 32.1 Å². The highest BCUT2D eigenvalue weighted by atomic mass is 31.2. The van der Waals surface area contributed by atoms with Crippen LogP contribution in [0.2, 0.25) is 0 Å². The zero-order valence-corrected chi connectivity index (χ0v) is 11.7. The van der Waals surface area contributed by atoms with Gasteiger partial charge in [0, 0.05) is 20.8 Å². The quantitative estimate of drug-likeness (QED) is 0.406. The Labute approximate surface area is 111 Å². The van der Waals surface area contributed by atoms with E-state index in [1.165, 1.54) is 13.8 Å². The molecular weight excluding hydrogens is 278 g/mol. The summed E-state index contributed by atoms with van der Waals surface area (Å²) in [5.74, 6) is 3.99. The van der Waals surface area contributed by atoms with Gasteiger partial charge in [-0.2, -0.15) is 0 Å². The molecule has 19 heavy (non-hydrogen) atoms. The number of rotatable bonds is 7. The second-order valence-corrected chi connectivity index (χ2v) is 4.55. The molecule has 0 aliphatic heterocycles. The molecule has 0 aromatic carbocycles. The largest absolute Gasteiger partial charge is 0.604 e. The van der Waals surface area contributed by atoms with Gasteiger partial charge in [-0.3, -0.25) is 9.32 Å². The Morgan fingerprint density at radius 1 is 1.21 bits per heavy atom. The molecule has 1 atom stereocenters. The summed E-state index contributed by atoms with van der Waals surface area (Å²) in [7, 11) is -4.08. The maximum Gasteiger partial charge on any atom is 0.604 e. The van der Waals surface area contributed by atoms with Crippen molar-refractivity contribution in [3.05, 3.63) is 0 Å². The van der Waals surface area contributed by atoms with Crippen molar-refractivity contribution in [1.82, 2.24) is 0 Å². The average molecular weight is 292 g/mol. The summed E-state index contributed by atoms with van der Waals surface area (Å²) in [4.78, 5) is 10.5. The number of ether oxygens (including phenoxy) is 1. The van der Waals surface area contributed by atoms with Crippen LogP contribution in [0.1, 0.15) is 20.8 Å². The topological polar surface area (TPSA) is 71.1 Å². The Hall–Kier alpha value is -1.69. The molecule has 0 spiro atoms. The summed E-state index contributed by atoms with van der Waals surface area (Å²) in [6.45, 7) is 2.84. The molecule has 0 rings (SSSR count). The Morgan fingerprint density at radius 2 is 1.74 bits per heavy atom. The van der Waals surface area contributed by atoms with E-state index in [1.54, 1.807) is 0 Å². The van der Waals surface area contributed by atoms with E-state index in [4.69, 9.17) is 0 Å². The number of phosphoric acid groups is 1. The lowest BCUT2D eigenvalue weighted by Crippen LogP contribution is -2.18. The molecule has 0 aromatic heterocycles. The standard InChI is InChI=1S/C11H14FO6P/c1-4-6-16-19(14,17-7-5-2)18-9-11(12)8-15-10(3)13/h11H,8-9H2,1-3H3/t11-/m0/s1. The van der Waals surface area contributed by atoms with Gasteiger partial charge in [0.1, 0.15) is 18.8 Å². The molecule has 0 fully saturated rings. The fourth-order valence-electron chi connectivity index (χ4n) is 0.702. The van der Waals surface area contributed by atoms with Gasteiger partial charge in [0.2, 0.25) is 0 Å². The van der Waals surface area contributed by atoms with Crippen molar-refractivity contribution in [3.63, 3.8) is 0 Å². The molecule has 0 saturated heterocycles. The molecule has 0 aromatic rings. The SMILES string of the molecule is CC#COP(=O)(OC#CC)OC[C@@H](F)COC(C)=O. The number of esters is 1. The number of carbonyl (C=O) groups excluding carboxylic acids is 1. The molecule has 0 amide bonds. The molecule has 8 heteroatoms. The lowest BCUT2D eigenvalue weighted by molar-refractivity contribution is -0.143. The van der Waals surface area contributed by atoms with Gasteiger partial charge in [-0.15, -0.1) is 0 Å². The third kappa shape index (κ3) is 8.96. The fraction of sp³-hybridized carbons (Fsp3) is 0.545. The second-order valence-electron chi connectivity index (χ2n) is 3.03. The van der Waals surface area contributed by atoms with Gasteiger partial charge in [0.05, 0.1) is 6.61 Å². The Morgan fingerprint density at radius 3 is 2.16 bits per heavy atom. The van der Waals surface area contributed by atoms with Gasteiger partial charge in [0.15, 0.2) is 6.17 Å².